The summed E-state index contributed by atoms with van der Waals surface area (Å²) < 4.78 is 5.26. The highest BCUT2D eigenvalue weighted by atomic mass is 32.1. The minimum absolute atomic E-state index is 0.173. The summed E-state index contributed by atoms with van der Waals surface area (Å²) in [7, 11) is 1.60. The van der Waals surface area contributed by atoms with Gasteiger partial charge in [0.2, 0.25) is 0 Å². The summed E-state index contributed by atoms with van der Waals surface area (Å²) in [5.41, 5.74) is 8.61. The third kappa shape index (κ3) is 2.98. The molecule has 0 unspecified atom stereocenters. The number of amides is 1. The van der Waals surface area contributed by atoms with Crippen molar-refractivity contribution >= 4 is 22.4 Å². The number of carbonyl (C=O) groups excluding carboxylic acids is 1. The number of benzene rings is 1. The average molecular weight is 317 g/mol. The summed E-state index contributed by atoms with van der Waals surface area (Å²) in [5.74, 6) is 0.533. The van der Waals surface area contributed by atoms with E-state index in [1.807, 2.05) is 13.0 Å². The molecule has 6 heteroatoms. The summed E-state index contributed by atoms with van der Waals surface area (Å²) in [6.45, 7) is 1.94. The van der Waals surface area contributed by atoms with Crippen molar-refractivity contribution in [3.63, 3.8) is 0 Å². The molecule has 1 aliphatic carbocycles. The number of methoxy groups -OCH3 is 1. The highest BCUT2D eigenvalue weighted by Gasteiger charge is 2.21. The number of fused-ring (bicyclic) bond motifs is 1. The van der Waals surface area contributed by atoms with Gasteiger partial charge in [-0.05, 0) is 43.9 Å². The van der Waals surface area contributed by atoms with Gasteiger partial charge in [-0.1, -0.05) is 6.07 Å². The van der Waals surface area contributed by atoms with Crippen molar-refractivity contribution in [2.75, 3.05) is 12.4 Å². The molecule has 1 aliphatic rings. The van der Waals surface area contributed by atoms with E-state index >= 15 is 0 Å². The van der Waals surface area contributed by atoms with Crippen LogP contribution in [-0.4, -0.2) is 24.0 Å². The maximum absolute atomic E-state index is 12.3. The van der Waals surface area contributed by atoms with E-state index in [4.69, 9.17) is 10.5 Å². The molecule has 1 amide bonds. The second kappa shape index (κ2) is 6.06. The van der Waals surface area contributed by atoms with Gasteiger partial charge in [-0.2, -0.15) is 0 Å². The molecule has 1 atom stereocenters. The summed E-state index contributed by atoms with van der Waals surface area (Å²) in [6, 6.07) is 5.61. The van der Waals surface area contributed by atoms with Crippen molar-refractivity contribution in [1.29, 1.82) is 0 Å². The lowest BCUT2D eigenvalue weighted by Crippen LogP contribution is -2.27. The molecule has 2 aromatic rings. The second-order valence-electron chi connectivity index (χ2n) is 5.53. The predicted octanol–water partition coefficient (Wildman–Crippen LogP) is 2.53. The molecule has 0 spiro atoms. The lowest BCUT2D eigenvalue weighted by Gasteiger charge is -2.15. The molecule has 0 bridgehead atoms. The van der Waals surface area contributed by atoms with Gasteiger partial charge in [-0.3, -0.25) is 10.1 Å². The molecule has 1 aromatic heterocycles. The fraction of sp³-hybridized carbons (Fsp3) is 0.375. The third-order valence-corrected chi connectivity index (χ3v) is 4.90. The highest BCUT2D eigenvalue weighted by Crippen LogP contribution is 2.29. The number of aryl methyl sites for hydroxylation is 2. The fourth-order valence-corrected chi connectivity index (χ4v) is 3.68. The van der Waals surface area contributed by atoms with Gasteiger partial charge in [-0.25, -0.2) is 4.98 Å². The first-order valence-electron chi connectivity index (χ1n) is 7.27. The number of ether oxygens (including phenoxy) is 1. The topological polar surface area (TPSA) is 77.2 Å². The van der Waals surface area contributed by atoms with E-state index in [9.17, 15) is 4.79 Å². The maximum Gasteiger partial charge on any atom is 0.257 e. The lowest BCUT2D eigenvalue weighted by molar-refractivity contribution is 0.102. The number of aromatic nitrogens is 1. The molecule has 0 saturated heterocycles. The van der Waals surface area contributed by atoms with Gasteiger partial charge < -0.3 is 10.5 Å². The Morgan fingerprint density at radius 3 is 3.09 bits per heavy atom. The van der Waals surface area contributed by atoms with E-state index in [-0.39, 0.29) is 11.9 Å². The molecular formula is C16H19N3O2S. The van der Waals surface area contributed by atoms with Crippen molar-refractivity contribution in [1.82, 2.24) is 4.98 Å². The lowest BCUT2D eigenvalue weighted by atomic mass is 9.99. The van der Waals surface area contributed by atoms with Gasteiger partial charge in [0.05, 0.1) is 12.8 Å². The van der Waals surface area contributed by atoms with Crippen LogP contribution in [-0.2, 0) is 12.8 Å². The summed E-state index contributed by atoms with van der Waals surface area (Å²) in [4.78, 5) is 18.0. The zero-order chi connectivity index (χ0) is 15.7. The SMILES string of the molecule is COc1cc(C(=O)Nc2nc3c(s2)C[C@@H](N)CC3)ccc1C. The van der Waals surface area contributed by atoms with E-state index in [0.717, 1.165) is 30.5 Å². The van der Waals surface area contributed by atoms with Crippen molar-refractivity contribution in [3.8, 4) is 5.75 Å². The molecule has 3 N–H and O–H groups in total. The Kier molecular flexibility index (Phi) is 4.13. The van der Waals surface area contributed by atoms with E-state index < -0.39 is 0 Å². The standard InChI is InChI=1S/C16H19N3O2S/c1-9-3-4-10(7-13(9)21-2)15(20)19-16-18-12-6-5-11(17)8-14(12)22-16/h3-4,7,11H,5-6,8,17H2,1-2H3,(H,18,19,20)/t11-/m0/s1. The number of hydrogen-bond donors (Lipinski definition) is 2. The molecule has 0 fully saturated rings. The van der Waals surface area contributed by atoms with Crippen LogP contribution in [0.5, 0.6) is 5.75 Å². The average Bonchev–Trinajstić information content (AvgIpc) is 2.88. The minimum atomic E-state index is -0.173. The van der Waals surface area contributed by atoms with Crippen LogP contribution in [0.1, 0.15) is 32.9 Å². The van der Waals surface area contributed by atoms with Crippen LogP contribution in [0.3, 0.4) is 0 Å². The highest BCUT2D eigenvalue weighted by molar-refractivity contribution is 7.15. The molecule has 1 aromatic carbocycles. The van der Waals surface area contributed by atoms with Gasteiger partial charge in [0.25, 0.3) is 5.91 Å². The largest absolute Gasteiger partial charge is 0.496 e. The molecule has 0 radical (unpaired) electrons. The van der Waals surface area contributed by atoms with E-state index in [0.29, 0.717) is 16.4 Å². The Morgan fingerprint density at radius 1 is 1.50 bits per heavy atom. The second-order valence-corrected chi connectivity index (χ2v) is 6.61. The molecule has 0 saturated carbocycles. The smallest absolute Gasteiger partial charge is 0.257 e. The number of carbonyl (C=O) groups is 1. The number of nitrogens with one attached hydrogen (secondary N) is 1. The van der Waals surface area contributed by atoms with Crippen molar-refractivity contribution in [2.24, 2.45) is 5.73 Å². The van der Waals surface area contributed by atoms with E-state index in [2.05, 4.69) is 10.3 Å². The molecule has 22 heavy (non-hydrogen) atoms. The van der Waals surface area contributed by atoms with Gasteiger partial charge in [0.1, 0.15) is 5.75 Å². The first-order chi connectivity index (χ1) is 10.6. The maximum atomic E-state index is 12.3. The van der Waals surface area contributed by atoms with Crippen LogP contribution in [0.25, 0.3) is 0 Å². The number of thiazole rings is 1. The van der Waals surface area contributed by atoms with Crippen LogP contribution in [0, 0.1) is 6.92 Å². The Morgan fingerprint density at radius 2 is 2.32 bits per heavy atom. The van der Waals surface area contributed by atoms with Crippen LogP contribution >= 0.6 is 11.3 Å². The van der Waals surface area contributed by atoms with Crippen molar-refractivity contribution in [2.45, 2.75) is 32.2 Å². The first-order valence-corrected chi connectivity index (χ1v) is 8.08. The van der Waals surface area contributed by atoms with Gasteiger partial charge in [0.15, 0.2) is 5.13 Å². The molecule has 116 valence electrons. The third-order valence-electron chi connectivity index (χ3n) is 3.87. The molecule has 3 rings (SSSR count). The number of nitrogens with two attached hydrogens (primary N) is 1. The quantitative estimate of drug-likeness (QED) is 0.912. The van der Waals surface area contributed by atoms with Crippen LogP contribution in [0.15, 0.2) is 18.2 Å². The minimum Gasteiger partial charge on any atom is -0.496 e. The number of rotatable bonds is 3. The van der Waals surface area contributed by atoms with E-state index in [1.165, 1.54) is 16.2 Å². The Hall–Kier alpha value is -1.92. The Bertz CT molecular complexity index is 711. The molecule has 0 aliphatic heterocycles. The van der Waals surface area contributed by atoms with E-state index in [1.54, 1.807) is 19.2 Å². The number of anilines is 1. The summed E-state index contributed by atoms with van der Waals surface area (Å²) in [6.07, 6.45) is 2.70. The number of hydrogen-bond acceptors (Lipinski definition) is 5. The van der Waals surface area contributed by atoms with Gasteiger partial charge in [0, 0.05) is 16.5 Å². The fourth-order valence-electron chi connectivity index (χ4n) is 2.58. The van der Waals surface area contributed by atoms with Crippen LogP contribution in [0.4, 0.5) is 5.13 Å². The van der Waals surface area contributed by atoms with Crippen molar-refractivity contribution in [3.05, 3.63) is 39.9 Å². The summed E-state index contributed by atoms with van der Waals surface area (Å²) in [5, 5.41) is 3.52. The Labute approximate surface area is 133 Å². The van der Waals surface area contributed by atoms with Gasteiger partial charge in [-0.15, -0.1) is 11.3 Å². The molecule has 5 nitrogen and oxygen atoms in total. The predicted molar refractivity (Wildman–Crippen MR) is 87.8 cm³/mol. The van der Waals surface area contributed by atoms with Crippen LogP contribution in [0.2, 0.25) is 0 Å². The zero-order valence-corrected chi connectivity index (χ0v) is 13.5. The van der Waals surface area contributed by atoms with Gasteiger partial charge >= 0.3 is 0 Å². The first kappa shape index (κ1) is 15.0. The Balaban J connectivity index is 1.77. The monoisotopic (exact) mass is 317 g/mol. The normalized spacial score (nSPS) is 17.0. The van der Waals surface area contributed by atoms with Crippen LogP contribution < -0.4 is 15.8 Å². The summed E-state index contributed by atoms with van der Waals surface area (Å²) >= 11 is 1.52. The molecular weight excluding hydrogens is 298 g/mol. The van der Waals surface area contributed by atoms with Crippen molar-refractivity contribution < 1.29 is 9.53 Å². The molecule has 1 heterocycles. The zero-order valence-electron chi connectivity index (χ0n) is 12.7. The number of nitrogens with zero attached hydrogens (tertiary/aromatic N) is 1.